The van der Waals surface area contributed by atoms with Gasteiger partial charge in [0.2, 0.25) is 0 Å². The van der Waals surface area contributed by atoms with E-state index in [1.807, 2.05) is 12.1 Å². The first kappa shape index (κ1) is 13.2. The standard InChI is InChI=1S/C13H17Cl2NO/c1-13(5-2-6-17-13)9-16-8-10-3-4-11(14)7-12(10)15/h3-4,7,16H,2,5-6,8-9H2,1H3. The van der Waals surface area contributed by atoms with Gasteiger partial charge in [-0.3, -0.25) is 0 Å². The molecule has 1 aromatic carbocycles. The molecule has 0 radical (unpaired) electrons. The molecule has 1 saturated heterocycles. The molecule has 94 valence electrons. The Morgan fingerprint density at radius 1 is 1.41 bits per heavy atom. The molecule has 1 atom stereocenters. The van der Waals surface area contributed by atoms with Crippen LogP contribution in [0.1, 0.15) is 25.3 Å². The van der Waals surface area contributed by atoms with Gasteiger partial charge in [-0.1, -0.05) is 29.3 Å². The van der Waals surface area contributed by atoms with Crippen molar-refractivity contribution in [3.63, 3.8) is 0 Å². The molecule has 1 N–H and O–H groups in total. The number of rotatable bonds is 4. The highest BCUT2D eigenvalue weighted by Gasteiger charge is 2.28. The third-order valence-electron chi connectivity index (χ3n) is 3.13. The minimum atomic E-state index is -0.0150. The molecule has 1 heterocycles. The smallest absolute Gasteiger partial charge is 0.0779 e. The van der Waals surface area contributed by atoms with E-state index in [0.717, 1.165) is 38.1 Å². The normalized spacial score (nSPS) is 24.2. The predicted octanol–water partition coefficient (Wildman–Crippen LogP) is 3.65. The first-order chi connectivity index (χ1) is 8.09. The van der Waals surface area contributed by atoms with Gasteiger partial charge in [0.25, 0.3) is 0 Å². The number of hydrogen-bond donors (Lipinski definition) is 1. The quantitative estimate of drug-likeness (QED) is 0.904. The van der Waals surface area contributed by atoms with Crippen LogP contribution in [0, 0.1) is 0 Å². The van der Waals surface area contributed by atoms with Crippen LogP contribution < -0.4 is 5.32 Å². The van der Waals surface area contributed by atoms with Gasteiger partial charge >= 0.3 is 0 Å². The van der Waals surface area contributed by atoms with E-state index in [2.05, 4.69) is 12.2 Å². The summed E-state index contributed by atoms with van der Waals surface area (Å²) in [5.41, 5.74) is 1.05. The number of ether oxygens (including phenoxy) is 1. The van der Waals surface area contributed by atoms with Gasteiger partial charge in [-0.15, -0.1) is 0 Å². The average molecular weight is 274 g/mol. The van der Waals surface area contributed by atoms with Crippen LogP contribution in [-0.2, 0) is 11.3 Å². The first-order valence-corrected chi connectivity index (χ1v) is 6.63. The zero-order valence-electron chi connectivity index (χ0n) is 9.93. The van der Waals surface area contributed by atoms with E-state index in [1.165, 1.54) is 0 Å². The second kappa shape index (κ2) is 5.57. The summed E-state index contributed by atoms with van der Waals surface area (Å²) in [7, 11) is 0. The topological polar surface area (TPSA) is 21.3 Å². The second-order valence-electron chi connectivity index (χ2n) is 4.74. The molecule has 0 spiro atoms. The summed E-state index contributed by atoms with van der Waals surface area (Å²) < 4.78 is 5.71. The summed E-state index contributed by atoms with van der Waals surface area (Å²) >= 11 is 12.0. The van der Waals surface area contributed by atoms with Crippen LogP contribution in [-0.4, -0.2) is 18.8 Å². The van der Waals surface area contributed by atoms with Crippen molar-refractivity contribution in [2.45, 2.75) is 31.9 Å². The van der Waals surface area contributed by atoms with Crippen LogP contribution >= 0.6 is 23.2 Å². The lowest BCUT2D eigenvalue weighted by atomic mass is 10.0. The number of halogens is 2. The summed E-state index contributed by atoms with van der Waals surface area (Å²) in [6, 6.07) is 5.58. The monoisotopic (exact) mass is 273 g/mol. The van der Waals surface area contributed by atoms with Crippen LogP contribution in [0.3, 0.4) is 0 Å². The van der Waals surface area contributed by atoms with Gasteiger partial charge in [-0.25, -0.2) is 0 Å². The molecule has 0 bridgehead atoms. The Morgan fingerprint density at radius 2 is 2.24 bits per heavy atom. The van der Waals surface area contributed by atoms with E-state index in [4.69, 9.17) is 27.9 Å². The summed E-state index contributed by atoms with van der Waals surface area (Å²) in [5.74, 6) is 0. The Labute approximate surface area is 112 Å². The lowest BCUT2D eigenvalue weighted by Gasteiger charge is -2.23. The molecule has 2 nitrogen and oxygen atoms in total. The summed E-state index contributed by atoms with van der Waals surface area (Å²) in [6.45, 7) is 4.62. The fourth-order valence-electron chi connectivity index (χ4n) is 2.10. The zero-order valence-corrected chi connectivity index (χ0v) is 11.4. The number of benzene rings is 1. The summed E-state index contributed by atoms with van der Waals surface area (Å²) in [6.07, 6.45) is 2.27. The zero-order chi connectivity index (χ0) is 12.3. The SMILES string of the molecule is CC1(CNCc2ccc(Cl)cc2Cl)CCCO1. The Hall–Kier alpha value is -0.280. The van der Waals surface area contributed by atoms with Crippen molar-refractivity contribution >= 4 is 23.2 Å². The van der Waals surface area contributed by atoms with Crippen molar-refractivity contribution in [1.29, 1.82) is 0 Å². The third kappa shape index (κ3) is 3.59. The Morgan fingerprint density at radius 3 is 2.88 bits per heavy atom. The molecule has 0 amide bonds. The molecule has 4 heteroatoms. The number of hydrogen-bond acceptors (Lipinski definition) is 2. The summed E-state index contributed by atoms with van der Waals surface area (Å²) in [5, 5.41) is 4.77. The Balaban J connectivity index is 1.85. The van der Waals surface area contributed by atoms with Crippen molar-refractivity contribution in [3.05, 3.63) is 33.8 Å². The number of nitrogens with one attached hydrogen (secondary N) is 1. The van der Waals surface area contributed by atoms with E-state index < -0.39 is 0 Å². The molecule has 1 unspecified atom stereocenters. The van der Waals surface area contributed by atoms with Gasteiger partial charge in [0.15, 0.2) is 0 Å². The van der Waals surface area contributed by atoms with E-state index in [9.17, 15) is 0 Å². The van der Waals surface area contributed by atoms with Crippen molar-refractivity contribution in [2.75, 3.05) is 13.2 Å². The van der Waals surface area contributed by atoms with Crippen LogP contribution in [0.4, 0.5) is 0 Å². The Bertz CT molecular complexity index is 389. The molecule has 1 fully saturated rings. The van der Waals surface area contributed by atoms with Crippen molar-refractivity contribution in [3.8, 4) is 0 Å². The lowest BCUT2D eigenvalue weighted by molar-refractivity contribution is 0.0207. The molecule has 2 rings (SSSR count). The highest BCUT2D eigenvalue weighted by Crippen LogP contribution is 2.25. The highest BCUT2D eigenvalue weighted by atomic mass is 35.5. The van der Waals surface area contributed by atoms with Crippen molar-refractivity contribution in [1.82, 2.24) is 5.32 Å². The van der Waals surface area contributed by atoms with Crippen LogP contribution in [0.5, 0.6) is 0 Å². The largest absolute Gasteiger partial charge is 0.374 e. The van der Waals surface area contributed by atoms with Crippen molar-refractivity contribution in [2.24, 2.45) is 0 Å². The van der Waals surface area contributed by atoms with E-state index in [1.54, 1.807) is 6.07 Å². The molecule has 1 aliphatic rings. The molecule has 0 aliphatic carbocycles. The van der Waals surface area contributed by atoms with Gasteiger partial charge in [-0.2, -0.15) is 0 Å². The van der Waals surface area contributed by atoms with Crippen molar-refractivity contribution < 1.29 is 4.74 Å². The molecule has 1 aliphatic heterocycles. The maximum atomic E-state index is 6.10. The highest BCUT2D eigenvalue weighted by molar-refractivity contribution is 6.35. The average Bonchev–Trinajstić information content (AvgIpc) is 2.69. The van der Waals surface area contributed by atoms with E-state index in [-0.39, 0.29) is 5.60 Å². The molecular formula is C13H17Cl2NO. The summed E-state index contributed by atoms with van der Waals surface area (Å²) in [4.78, 5) is 0. The van der Waals surface area contributed by atoms with Crippen LogP contribution in [0.15, 0.2) is 18.2 Å². The fourth-order valence-corrected chi connectivity index (χ4v) is 2.58. The second-order valence-corrected chi connectivity index (χ2v) is 5.58. The molecule has 0 saturated carbocycles. The minimum Gasteiger partial charge on any atom is -0.374 e. The molecule has 17 heavy (non-hydrogen) atoms. The predicted molar refractivity (Wildman–Crippen MR) is 71.8 cm³/mol. The maximum Gasteiger partial charge on any atom is 0.0779 e. The van der Waals surface area contributed by atoms with Gasteiger partial charge < -0.3 is 10.1 Å². The van der Waals surface area contributed by atoms with E-state index in [0.29, 0.717) is 10.0 Å². The molecule has 1 aromatic rings. The van der Waals surface area contributed by atoms with Crippen LogP contribution in [0.25, 0.3) is 0 Å². The molecule has 0 aromatic heterocycles. The third-order valence-corrected chi connectivity index (χ3v) is 3.72. The Kier molecular flexibility index (Phi) is 4.31. The lowest BCUT2D eigenvalue weighted by Crippen LogP contribution is -2.36. The molecular weight excluding hydrogens is 257 g/mol. The minimum absolute atomic E-state index is 0.0150. The maximum absolute atomic E-state index is 6.10. The van der Waals surface area contributed by atoms with Gasteiger partial charge in [0.05, 0.1) is 5.60 Å². The van der Waals surface area contributed by atoms with E-state index >= 15 is 0 Å². The first-order valence-electron chi connectivity index (χ1n) is 5.88. The van der Waals surface area contributed by atoms with Gasteiger partial charge in [0.1, 0.15) is 0 Å². The van der Waals surface area contributed by atoms with Crippen LogP contribution in [0.2, 0.25) is 10.0 Å². The van der Waals surface area contributed by atoms with Gasteiger partial charge in [0, 0.05) is 29.7 Å². The van der Waals surface area contributed by atoms with Gasteiger partial charge in [-0.05, 0) is 37.5 Å². The fraction of sp³-hybridized carbons (Fsp3) is 0.538.